The summed E-state index contributed by atoms with van der Waals surface area (Å²) in [6.07, 6.45) is 0.580. The number of rotatable bonds is 3. The van der Waals surface area contributed by atoms with Gasteiger partial charge in [-0.1, -0.05) is 0 Å². The van der Waals surface area contributed by atoms with Gasteiger partial charge in [0.2, 0.25) is 6.41 Å². The van der Waals surface area contributed by atoms with E-state index < -0.39 is 0 Å². The maximum atomic E-state index is 11.4. The summed E-state index contributed by atoms with van der Waals surface area (Å²) >= 11 is 0. The number of carbonyl (C=O) groups excluding carboxylic acids is 2. The van der Waals surface area contributed by atoms with E-state index >= 15 is 0 Å². The molecule has 73 valence electrons. The van der Waals surface area contributed by atoms with Gasteiger partial charge in [0.15, 0.2) is 0 Å². The smallest absolute Gasteiger partial charge is 0.253 e. The number of hydrogen-bond acceptors (Lipinski definition) is 2. The first-order valence-corrected chi connectivity index (χ1v) is 4.08. The van der Waals surface area contributed by atoms with Crippen molar-refractivity contribution in [2.75, 3.05) is 19.4 Å². The van der Waals surface area contributed by atoms with Crippen molar-refractivity contribution in [2.24, 2.45) is 0 Å². The van der Waals surface area contributed by atoms with E-state index in [4.69, 9.17) is 0 Å². The van der Waals surface area contributed by atoms with E-state index in [9.17, 15) is 9.59 Å². The van der Waals surface area contributed by atoms with Gasteiger partial charge in [0.05, 0.1) is 0 Å². The number of carbonyl (C=O) groups is 2. The van der Waals surface area contributed by atoms with Crippen LogP contribution in [0.4, 0.5) is 5.69 Å². The number of benzene rings is 1. The van der Waals surface area contributed by atoms with Gasteiger partial charge in [-0.3, -0.25) is 9.59 Å². The Balaban J connectivity index is 2.82. The molecule has 1 N–H and O–H groups in total. The molecule has 14 heavy (non-hydrogen) atoms. The Morgan fingerprint density at radius 2 is 2.21 bits per heavy atom. The molecular formula is C10H11N2O2. The summed E-state index contributed by atoms with van der Waals surface area (Å²) < 4.78 is 0. The van der Waals surface area contributed by atoms with Crippen molar-refractivity contribution >= 4 is 18.0 Å². The van der Waals surface area contributed by atoms with Crippen molar-refractivity contribution in [1.82, 2.24) is 4.90 Å². The van der Waals surface area contributed by atoms with Crippen molar-refractivity contribution in [1.29, 1.82) is 0 Å². The highest BCUT2D eigenvalue weighted by Gasteiger charge is 2.06. The second-order valence-corrected chi connectivity index (χ2v) is 2.95. The minimum atomic E-state index is -0.109. The lowest BCUT2D eigenvalue weighted by Crippen LogP contribution is -2.21. The molecule has 0 aromatic heterocycles. The molecule has 0 unspecified atom stereocenters. The van der Waals surface area contributed by atoms with Crippen molar-refractivity contribution < 1.29 is 9.59 Å². The highest BCUT2D eigenvalue weighted by Crippen LogP contribution is 2.08. The van der Waals surface area contributed by atoms with E-state index in [-0.39, 0.29) is 5.91 Å². The molecule has 1 aromatic carbocycles. The fourth-order valence-corrected chi connectivity index (χ4v) is 0.957. The van der Waals surface area contributed by atoms with Gasteiger partial charge in [0.25, 0.3) is 5.91 Å². The first-order valence-electron chi connectivity index (χ1n) is 4.08. The van der Waals surface area contributed by atoms with Crippen LogP contribution in [0, 0.1) is 6.07 Å². The minimum absolute atomic E-state index is 0.109. The highest BCUT2D eigenvalue weighted by molar-refractivity contribution is 5.94. The van der Waals surface area contributed by atoms with Crippen molar-refractivity contribution in [3.8, 4) is 0 Å². The molecule has 1 aromatic rings. The second-order valence-electron chi connectivity index (χ2n) is 2.95. The normalized spacial score (nSPS) is 9.29. The van der Waals surface area contributed by atoms with Crippen LogP contribution in [-0.2, 0) is 4.79 Å². The molecule has 0 atom stereocenters. The van der Waals surface area contributed by atoms with Crippen LogP contribution in [0.2, 0.25) is 0 Å². The van der Waals surface area contributed by atoms with Crippen LogP contribution >= 0.6 is 0 Å². The number of nitrogens with one attached hydrogen (secondary N) is 1. The number of hydrogen-bond donors (Lipinski definition) is 1. The SMILES string of the molecule is CN(C)C(=O)c1[c]cc(NC=O)cc1. The molecule has 0 heterocycles. The molecular weight excluding hydrogens is 180 g/mol. The fraction of sp³-hybridized carbons (Fsp3) is 0.200. The zero-order valence-electron chi connectivity index (χ0n) is 8.07. The Morgan fingerprint density at radius 3 is 2.64 bits per heavy atom. The molecule has 1 radical (unpaired) electrons. The fourth-order valence-electron chi connectivity index (χ4n) is 0.957. The summed E-state index contributed by atoms with van der Waals surface area (Å²) in [5.74, 6) is -0.109. The Bertz CT molecular complexity index is 330. The van der Waals surface area contributed by atoms with E-state index in [1.807, 2.05) is 0 Å². The van der Waals surface area contributed by atoms with E-state index in [2.05, 4.69) is 11.4 Å². The Hall–Kier alpha value is -1.84. The molecule has 0 aliphatic heterocycles. The maximum absolute atomic E-state index is 11.4. The number of nitrogens with zero attached hydrogens (tertiary/aromatic N) is 1. The average Bonchev–Trinajstić information content (AvgIpc) is 2.18. The molecule has 0 aliphatic carbocycles. The summed E-state index contributed by atoms with van der Waals surface area (Å²) in [6, 6.07) is 7.62. The van der Waals surface area contributed by atoms with Gasteiger partial charge in [0.1, 0.15) is 0 Å². The number of amides is 2. The summed E-state index contributed by atoms with van der Waals surface area (Å²) in [5.41, 5.74) is 1.10. The largest absolute Gasteiger partial charge is 0.345 e. The van der Waals surface area contributed by atoms with Gasteiger partial charge in [-0.05, 0) is 24.3 Å². The topological polar surface area (TPSA) is 49.4 Å². The van der Waals surface area contributed by atoms with Gasteiger partial charge >= 0.3 is 0 Å². The lowest BCUT2D eigenvalue weighted by molar-refractivity contribution is -0.105. The third-order valence-corrected chi connectivity index (χ3v) is 1.67. The lowest BCUT2D eigenvalue weighted by Gasteiger charge is -2.09. The van der Waals surface area contributed by atoms with Crippen LogP contribution in [-0.4, -0.2) is 31.3 Å². The first-order chi connectivity index (χ1) is 6.65. The predicted octanol–water partition coefficient (Wildman–Crippen LogP) is 0.757. The molecule has 0 saturated carbocycles. The quantitative estimate of drug-likeness (QED) is 0.717. The Labute approximate surface area is 82.5 Å². The van der Waals surface area contributed by atoms with Gasteiger partial charge in [0, 0.05) is 25.3 Å². The molecule has 4 nitrogen and oxygen atoms in total. The van der Waals surface area contributed by atoms with E-state index in [0.717, 1.165) is 0 Å². The zero-order valence-corrected chi connectivity index (χ0v) is 8.07. The monoisotopic (exact) mass is 191 g/mol. The molecule has 0 aliphatic rings. The van der Waals surface area contributed by atoms with Crippen LogP contribution in [0.25, 0.3) is 0 Å². The molecule has 0 saturated heterocycles. The minimum Gasteiger partial charge on any atom is -0.345 e. The van der Waals surface area contributed by atoms with Gasteiger partial charge in [-0.15, -0.1) is 0 Å². The summed E-state index contributed by atoms with van der Waals surface area (Å²) in [6.45, 7) is 0. The Morgan fingerprint density at radius 1 is 1.50 bits per heavy atom. The third-order valence-electron chi connectivity index (χ3n) is 1.67. The van der Waals surface area contributed by atoms with Gasteiger partial charge in [-0.25, -0.2) is 0 Å². The summed E-state index contributed by atoms with van der Waals surface area (Å²) in [4.78, 5) is 23.0. The van der Waals surface area contributed by atoms with Crippen LogP contribution in [0.3, 0.4) is 0 Å². The van der Waals surface area contributed by atoms with Crippen LogP contribution in [0.5, 0.6) is 0 Å². The molecule has 4 heteroatoms. The first kappa shape index (κ1) is 10.2. The van der Waals surface area contributed by atoms with E-state index in [1.54, 1.807) is 32.3 Å². The van der Waals surface area contributed by atoms with Crippen LogP contribution in [0.1, 0.15) is 10.4 Å². The lowest BCUT2D eigenvalue weighted by atomic mass is 10.2. The molecule has 0 bridgehead atoms. The highest BCUT2D eigenvalue weighted by atomic mass is 16.2. The summed E-state index contributed by atoms with van der Waals surface area (Å²) in [7, 11) is 3.35. The van der Waals surface area contributed by atoms with E-state index in [1.165, 1.54) is 4.90 Å². The van der Waals surface area contributed by atoms with Gasteiger partial charge in [-0.2, -0.15) is 0 Å². The summed E-state index contributed by atoms with van der Waals surface area (Å²) in [5, 5.41) is 2.47. The number of anilines is 1. The molecule has 2 amide bonds. The van der Waals surface area contributed by atoms with Gasteiger partial charge < -0.3 is 10.2 Å². The van der Waals surface area contributed by atoms with Crippen molar-refractivity contribution in [3.05, 3.63) is 29.8 Å². The molecule has 1 rings (SSSR count). The predicted molar refractivity (Wildman–Crippen MR) is 53.0 cm³/mol. The maximum Gasteiger partial charge on any atom is 0.253 e. The molecule has 0 spiro atoms. The van der Waals surface area contributed by atoms with Crippen LogP contribution in [0.15, 0.2) is 18.2 Å². The van der Waals surface area contributed by atoms with Crippen LogP contribution < -0.4 is 5.32 Å². The standard InChI is InChI=1S/C10H11N2O2/c1-12(2)10(14)8-3-5-9(6-4-8)11-7-13/h3,5-7H,1-2H3,(H,11,13). The Kier molecular flexibility index (Phi) is 3.23. The zero-order chi connectivity index (χ0) is 10.6. The average molecular weight is 191 g/mol. The van der Waals surface area contributed by atoms with Crippen molar-refractivity contribution in [2.45, 2.75) is 0 Å². The second kappa shape index (κ2) is 4.41. The van der Waals surface area contributed by atoms with E-state index in [0.29, 0.717) is 17.7 Å². The van der Waals surface area contributed by atoms with Crippen molar-refractivity contribution in [3.63, 3.8) is 0 Å². The third kappa shape index (κ3) is 2.32. The molecule has 0 fully saturated rings.